The number of fused-ring (bicyclic) bond motifs is 1. The van der Waals surface area contributed by atoms with Crippen LogP contribution in [0.3, 0.4) is 0 Å². The molecule has 0 unspecified atom stereocenters. The third-order valence-electron chi connectivity index (χ3n) is 5.47. The highest BCUT2D eigenvalue weighted by molar-refractivity contribution is 7.15. The van der Waals surface area contributed by atoms with Gasteiger partial charge >= 0.3 is 0 Å². The van der Waals surface area contributed by atoms with E-state index in [4.69, 9.17) is 4.74 Å². The molecule has 31 heavy (non-hydrogen) atoms. The van der Waals surface area contributed by atoms with Crippen LogP contribution in [0.5, 0.6) is 5.75 Å². The monoisotopic (exact) mass is 440 g/mol. The molecule has 1 aromatic carbocycles. The van der Waals surface area contributed by atoms with Gasteiger partial charge in [0.2, 0.25) is 0 Å². The van der Waals surface area contributed by atoms with Crippen molar-refractivity contribution in [3.8, 4) is 5.75 Å². The highest BCUT2D eigenvalue weighted by Gasteiger charge is 2.22. The highest BCUT2D eigenvalue weighted by atomic mass is 32.1. The SMILES string of the molecule is CC(C)CCOc1ccc(C(=O)N2CCN(Cc3cc(=O)n4ccsc4n3)CC2)cc1. The summed E-state index contributed by atoms with van der Waals surface area (Å²) in [7, 11) is 0. The first-order valence-electron chi connectivity index (χ1n) is 10.7. The van der Waals surface area contributed by atoms with Crippen molar-refractivity contribution in [3.05, 3.63) is 63.5 Å². The Labute approximate surface area is 185 Å². The zero-order chi connectivity index (χ0) is 21.8. The quantitative estimate of drug-likeness (QED) is 0.565. The fourth-order valence-electron chi connectivity index (χ4n) is 3.60. The molecule has 3 aromatic rings. The zero-order valence-corrected chi connectivity index (χ0v) is 18.8. The smallest absolute Gasteiger partial charge is 0.258 e. The van der Waals surface area contributed by atoms with E-state index in [1.54, 1.807) is 16.7 Å². The number of thiazole rings is 1. The predicted octanol–water partition coefficient (Wildman–Crippen LogP) is 3.14. The van der Waals surface area contributed by atoms with Crippen molar-refractivity contribution in [2.24, 2.45) is 5.92 Å². The van der Waals surface area contributed by atoms with Gasteiger partial charge in [0, 0.05) is 55.9 Å². The molecular formula is C23H28N4O3S. The Morgan fingerprint density at radius 3 is 2.61 bits per heavy atom. The molecule has 164 valence electrons. The lowest BCUT2D eigenvalue weighted by molar-refractivity contribution is 0.0627. The minimum absolute atomic E-state index is 0.0461. The van der Waals surface area contributed by atoms with E-state index in [0.717, 1.165) is 31.0 Å². The molecule has 1 aliphatic heterocycles. The first kappa shape index (κ1) is 21.5. The molecule has 0 atom stereocenters. The number of amides is 1. The van der Waals surface area contributed by atoms with Crippen molar-refractivity contribution in [1.82, 2.24) is 19.2 Å². The van der Waals surface area contributed by atoms with Crippen LogP contribution in [0.15, 0.2) is 46.7 Å². The normalized spacial score (nSPS) is 15.0. The van der Waals surface area contributed by atoms with Gasteiger partial charge in [-0.3, -0.25) is 18.9 Å². The Hall–Kier alpha value is -2.71. The molecule has 4 rings (SSSR count). The predicted molar refractivity (Wildman–Crippen MR) is 122 cm³/mol. The first-order valence-corrected chi connectivity index (χ1v) is 11.6. The molecule has 0 bridgehead atoms. The summed E-state index contributed by atoms with van der Waals surface area (Å²) in [5.74, 6) is 1.45. The second-order valence-corrected chi connectivity index (χ2v) is 9.14. The minimum Gasteiger partial charge on any atom is -0.494 e. The van der Waals surface area contributed by atoms with Crippen molar-refractivity contribution < 1.29 is 9.53 Å². The van der Waals surface area contributed by atoms with Gasteiger partial charge in [-0.25, -0.2) is 4.98 Å². The maximum atomic E-state index is 12.9. The lowest BCUT2D eigenvalue weighted by atomic mass is 10.1. The largest absolute Gasteiger partial charge is 0.494 e. The van der Waals surface area contributed by atoms with Crippen LogP contribution in [0, 0.1) is 5.92 Å². The van der Waals surface area contributed by atoms with E-state index in [2.05, 4.69) is 23.7 Å². The molecular weight excluding hydrogens is 412 g/mol. The van der Waals surface area contributed by atoms with Gasteiger partial charge in [-0.15, -0.1) is 11.3 Å². The van der Waals surface area contributed by atoms with Crippen molar-refractivity contribution >= 4 is 22.2 Å². The minimum atomic E-state index is -0.0494. The molecule has 0 aliphatic carbocycles. The van der Waals surface area contributed by atoms with Gasteiger partial charge in [-0.1, -0.05) is 13.8 Å². The third kappa shape index (κ3) is 5.32. The molecule has 7 nitrogen and oxygen atoms in total. The Bertz CT molecular complexity index is 1080. The zero-order valence-electron chi connectivity index (χ0n) is 18.0. The lowest BCUT2D eigenvalue weighted by Crippen LogP contribution is -2.48. The number of piperazine rings is 1. The van der Waals surface area contributed by atoms with E-state index in [1.165, 1.54) is 11.3 Å². The number of benzene rings is 1. The molecule has 1 aliphatic rings. The van der Waals surface area contributed by atoms with E-state index >= 15 is 0 Å². The van der Waals surface area contributed by atoms with Gasteiger partial charge in [0.15, 0.2) is 4.96 Å². The number of ether oxygens (including phenoxy) is 1. The van der Waals surface area contributed by atoms with Crippen LogP contribution in [0.4, 0.5) is 0 Å². The van der Waals surface area contributed by atoms with E-state index in [0.29, 0.717) is 42.7 Å². The van der Waals surface area contributed by atoms with Crippen molar-refractivity contribution in [3.63, 3.8) is 0 Å². The Morgan fingerprint density at radius 2 is 1.90 bits per heavy atom. The molecule has 0 radical (unpaired) electrons. The summed E-state index contributed by atoms with van der Waals surface area (Å²) in [4.78, 5) is 34.4. The number of aromatic nitrogens is 2. The van der Waals surface area contributed by atoms with Crippen LogP contribution in [0.1, 0.15) is 36.3 Å². The van der Waals surface area contributed by atoms with Crippen LogP contribution in [-0.4, -0.2) is 57.9 Å². The molecule has 0 saturated carbocycles. The summed E-state index contributed by atoms with van der Waals surface area (Å²) in [6.45, 7) is 8.48. The molecule has 0 spiro atoms. The maximum Gasteiger partial charge on any atom is 0.258 e. The Morgan fingerprint density at radius 1 is 1.16 bits per heavy atom. The number of nitrogens with zero attached hydrogens (tertiary/aromatic N) is 4. The van der Waals surface area contributed by atoms with Crippen LogP contribution in [0.25, 0.3) is 4.96 Å². The van der Waals surface area contributed by atoms with Crippen LogP contribution in [-0.2, 0) is 6.54 Å². The molecule has 8 heteroatoms. The van der Waals surface area contributed by atoms with Crippen molar-refractivity contribution in [2.75, 3.05) is 32.8 Å². The fraction of sp³-hybridized carbons (Fsp3) is 0.435. The summed E-state index contributed by atoms with van der Waals surface area (Å²) in [5.41, 5.74) is 1.41. The summed E-state index contributed by atoms with van der Waals surface area (Å²) in [6, 6.07) is 9.02. The van der Waals surface area contributed by atoms with E-state index in [9.17, 15) is 9.59 Å². The van der Waals surface area contributed by atoms with Crippen LogP contribution < -0.4 is 10.3 Å². The number of carbonyl (C=O) groups is 1. The Kier molecular flexibility index (Phi) is 6.67. The summed E-state index contributed by atoms with van der Waals surface area (Å²) < 4.78 is 7.30. The number of hydrogen-bond acceptors (Lipinski definition) is 6. The van der Waals surface area contributed by atoms with Gasteiger partial charge in [0.05, 0.1) is 12.3 Å². The van der Waals surface area contributed by atoms with E-state index in [-0.39, 0.29) is 11.5 Å². The standard InChI is InChI=1S/C23H28N4O3S/c1-17(2)7-13-30-20-5-3-18(4-6-20)22(29)26-10-8-25(9-11-26)16-19-15-21(28)27-12-14-31-23(27)24-19/h3-6,12,14-15,17H,7-11,13,16H2,1-2H3. The lowest BCUT2D eigenvalue weighted by Gasteiger charge is -2.34. The molecule has 0 N–H and O–H groups in total. The maximum absolute atomic E-state index is 12.9. The molecule has 1 amide bonds. The molecule has 1 saturated heterocycles. The summed E-state index contributed by atoms with van der Waals surface area (Å²) >= 11 is 1.46. The molecule has 3 heterocycles. The summed E-state index contributed by atoms with van der Waals surface area (Å²) in [6.07, 6.45) is 2.75. The number of carbonyl (C=O) groups excluding carboxylic acids is 1. The second kappa shape index (κ2) is 9.62. The fourth-order valence-corrected chi connectivity index (χ4v) is 4.33. The average Bonchev–Trinajstić information content (AvgIpc) is 3.23. The van der Waals surface area contributed by atoms with Gasteiger partial charge in [0.25, 0.3) is 11.5 Å². The van der Waals surface area contributed by atoms with Crippen molar-refractivity contribution in [2.45, 2.75) is 26.8 Å². The van der Waals surface area contributed by atoms with Gasteiger partial charge in [-0.2, -0.15) is 0 Å². The number of hydrogen-bond donors (Lipinski definition) is 0. The Balaban J connectivity index is 1.29. The van der Waals surface area contributed by atoms with Gasteiger partial charge in [-0.05, 0) is 36.6 Å². The van der Waals surface area contributed by atoms with Gasteiger partial charge in [0.1, 0.15) is 5.75 Å². The average molecular weight is 441 g/mol. The van der Waals surface area contributed by atoms with Crippen molar-refractivity contribution in [1.29, 1.82) is 0 Å². The number of rotatable bonds is 7. The highest BCUT2D eigenvalue weighted by Crippen LogP contribution is 2.16. The molecule has 1 fully saturated rings. The van der Waals surface area contributed by atoms with Crippen LogP contribution in [0.2, 0.25) is 0 Å². The first-order chi connectivity index (χ1) is 15.0. The van der Waals surface area contributed by atoms with Gasteiger partial charge < -0.3 is 9.64 Å². The summed E-state index contributed by atoms with van der Waals surface area (Å²) in [5, 5.41) is 1.86. The van der Waals surface area contributed by atoms with E-state index in [1.807, 2.05) is 34.5 Å². The second-order valence-electron chi connectivity index (χ2n) is 8.27. The van der Waals surface area contributed by atoms with E-state index < -0.39 is 0 Å². The molecule has 2 aromatic heterocycles. The third-order valence-corrected chi connectivity index (χ3v) is 6.22. The van der Waals surface area contributed by atoms with Crippen LogP contribution >= 0.6 is 11.3 Å². The topological polar surface area (TPSA) is 67.2 Å².